The Hall–Kier alpha value is 0.660. The molecule has 1 rings (SSSR count). The van der Waals surface area contributed by atoms with Crippen LogP contribution in [0.1, 0.15) is 12.8 Å². The van der Waals surface area contributed by atoms with Gasteiger partial charge in [0.1, 0.15) is 0 Å². The third-order valence-corrected chi connectivity index (χ3v) is 4.20. The number of hydrogen-bond acceptors (Lipinski definition) is 3. The van der Waals surface area contributed by atoms with Gasteiger partial charge in [-0.05, 0) is 24.3 Å². The molecule has 0 amide bonds. The SMILES string of the molecule is OCC1SCCCCS1. The second-order valence-electron chi connectivity index (χ2n) is 2.06. The lowest BCUT2D eigenvalue weighted by molar-refractivity contribution is 0.316. The molecule has 0 aromatic heterocycles. The van der Waals surface area contributed by atoms with Crippen molar-refractivity contribution in [2.75, 3.05) is 18.1 Å². The van der Waals surface area contributed by atoms with Gasteiger partial charge in [-0.3, -0.25) is 0 Å². The van der Waals surface area contributed by atoms with Gasteiger partial charge in [-0.15, -0.1) is 23.5 Å². The molecule has 0 radical (unpaired) electrons. The Balaban J connectivity index is 2.18. The van der Waals surface area contributed by atoms with E-state index in [-0.39, 0.29) is 0 Å². The van der Waals surface area contributed by atoms with Crippen molar-refractivity contribution >= 4 is 23.5 Å². The van der Waals surface area contributed by atoms with Gasteiger partial charge in [-0.25, -0.2) is 0 Å². The Morgan fingerprint density at radius 3 is 2.22 bits per heavy atom. The van der Waals surface area contributed by atoms with Crippen LogP contribution in [0.3, 0.4) is 0 Å². The molecule has 0 aliphatic carbocycles. The van der Waals surface area contributed by atoms with Gasteiger partial charge in [-0.1, -0.05) is 0 Å². The number of hydrogen-bond donors (Lipinski definition) is 1. The Morgan fingerprint density at radius 2 is 1.78 bits per heavy atom. The van der Waals surface area contributed by atoms with Crippen LogP contribution in [0.15, 0.2) is 0 Å². The minimum Gasteiger partial charge on any atom is -0.394 e. The second kappa shape index (κ2) is 4.47. The predicted molar refractivity (Wildman–Crippen MR) is 45.0 cm³/mol. The van der Waals surface area contributed by atoms with E-state index in [0.29, 0.717) is 11.2 Å². The molecule has 1 heterocycles. The quantitative estimate of drug-likeness (QED) is 0.635. The summed E-state index contributed by atoms with van der Waals surface area (Å²) >= 11 is 3.79. The summed E-state index contributed by atoms with van der Waals surface area (Å²) in [5.74, 6) is 2.47. The summed E-state index contributed by atoms with van der Waals surface area (Å²) in [5, 5.41) is 8.77. The van der Waals surface area contributed by atoms with Crippen molar-refractivity contribution in [3.05, 3.63) is 0 Å². The van der Waals surface area contributed by atoms with Gasteiger partial charge in [0.25, 0.3) is 0 Å². The normalized spacial score (nSPS) is 23.7. The summed E-state index contributed by atoms with van der Waals surface area (Å²) in [6.07, 6.45) is 2.66. The highest BCUT2D eigenvalue weighted by Crippen LogP contribution is 2.28. The van der Waals surface area contributed by atoms with E-state index in [1.165, 1.54) is 24.3 Å². The Morgan fingerprint density at radius 1 is 1.22 bits per heavy atom. The lowest BCUT2D eigenvalue weighted by Crippen LogP contribution is -2.02. The molecule has 3 heteroatoms. The molecule has 0 bridgehead atoms. The third kappa shape index (κ3) is 2.83. The molecule has 0 aromatic rings. The van der Waals surface area contributed by atoms with Gasteiger partial charge < -0.3 is 5.11 Å². The summed E-state index contributed by atoms with van der Waals surface area (Å²) < 4.78 is 0.465. The average Bonchev–Trinajstić information content (AvgIpc) is 2.13. The van der Waals surface area contributed by atoms with Gasteiger partial charge in [-0.2, -0.15) is 0 Å². The maximum atomic E-state index is 8.77. The van der Waals surface area contributed by atoms with E-state index in [0.717, 1.165) is 0 Å². The zero-order chi connectivity index (χ0) is 6.53. The van der Waals surface area contributed by atoms with Crippen molar-refractivity contribution in [2.24, 2.45) is 0 Å². The highest BCUT2D eigenvalue weighted by Gasteiger charge is 2.10. The monoisotopic (exact) mass is 164 g/mol. The van der Waals surface area contributed by atoms with Crippen molar-refractivity contribution in [3.63, 3.8) is 0 Å². The Kier molecular flexibility index (Phi) is 3.86. The number of aliphatic hydroxyl groups excluding tert-OH is 1. The van der Waals surface area contributed by atoms with Gasteiger partial charge in [0.15, 0.2) is 0 Å². The summed E-state index contributed by atoms with van der Waals surface area (Å²) in [5.41, 5.74) is 0. The highest BCUT2D eigenvalue weighted by atomic mass is 32.2. The molecule has 1 fully saturated rings. The van der Waals surface area contributed by atoms with Crippen molar-refractivity contribution in [2.45, 2.75) is 17.4 Å². The first-order valence-corrected chi connectivity index (χ1v) is 5.37. The molecule has 54 valence electrons. The van der Waals surface area contributed by atoms with E-state index in [4.69, 9.17) is 5.11 Å². The standard InChI is InChI=1S/C6H12OS2/c7-5-6-8-3-1-2-4-9-6/h6-7H,1-5H2. The fourth-order valence-electron chi connectivity index (χ4n) is 0.787. The highest BCUT2D eigenvalue weighted by molar-refractivity contribution is 8.17. The maximum absolute atomic E-state index is 8.77. The van der Waals surface area contributed by atoms with Crippen molar-refractivity contribution in [1.29, 1.82) is 0 Å². The maximum Gasteiger partial charge on any atom is 0.0733 e. The summed E-state index contributed by atoms with van der Waals surface area (Å²) in [4.78, 5) is 0. The molecule has 1 aliphatic heterocycles. The molecule has 0 atom stereocenters. The van der Waals surface area contributed by atoms with Crippen LogP contribution in [-0.4, -0.2) is 27.8 Å². The van der Waals surface area contributed by atoms with E-state index < -0.39 is 0 Å². The van der Waals surface area contributed by atoms with E-state index in [2.05, 4.69) is 0 Å². The van der Waals surface area contributed by atoms with Crippen LogP contribution < -0.4 is 0 Å². The molecule has 0 spiro atoms. The summed E-state index contributed by atoms with van der Waals surface area (Å²) in [6, 6.07) is 0. The first kappa shape index (κ1) is 7.76. The van der Waals surface area contributed by atoms with E-state index in [1.807, 2.05) is 23.5 Å². The van der Waals surface area contributed by atoms with Crippen LogP contribution in [0.2, 0.25) is 0 Å². The van der Waals surface area contributed by atoms with Gasteiger partial charge in [0.05, 0.1) is 11.2 Å². The fourth-order valence-corrected chi connectivity index (χ4v) is 3.23. The Labute approximate surface area is 64.6 Å². The van der Waals surface area contributed by atoms with Crippen LogP contribution in [0.25, 0.3) is 0 Å². The molecule has 1 nitrogen and oxygen atoms in total. The zero-order valence-corrected chi connectivity index (χ0v) is 7.01. The molecule has 0 unspecified atom stereocenters. The second-order valence-corrected chi connectivity index (χ2v) is 4.98. The first-order chi connectivity index (χ1) is 4.43. The molecule has 9 heavy (non-hydrogen) atoms. The molecule has 1 aliphatic rings. The average molecular weight is 164 g/mol. The third-order valence-electron chi connectivity index (χ3n) is 1.30. The van der Waals surface area contributed by atoms with Gasteiger partial charge in [0.2, 0.25) is 0 Å². The first-order valence-electron chi connectivity index (χ1n) is 3.27. The fraction of sp³-hybridized carbons (Fsp3) is 1.00. The molecular weight excluding hydrogens is 152 g/mol. The molecule has 1 saturated heterocycles. The van der Waals surface area contributed by atoms with Gasteiger partial charge in [0, 0.05) is 0 Å². The lowest BCUT2D eigenvalue weighted by atomic mass is 10.4. The number of thioether (sulfide) groups is 2. The number of rotatable bonds is 1. The smallest absolute Gasteiger partial charge is 0.0733 e. The van der Waals surface area contributed by atoms with Crippen LogP contribution >= 0.6 is 23.5 Å². The van der Waals surface area contributed by atoms with Crippen LogP contribution in [0.4, 0.5) is 0 Å². The lowest BCUT2D eigenvalue weighted by Gasteiger charge is -2.07. The van der Waals surface area contributed by atoms with Crippen molar-refractivity contribution in [1.82, 2.24) is 0 Å². The van der Waals surface area contributed by atoms with Crippen LogP contribution in [0.5, 0.6) is 0 Å². The molecule has 0 aromatic carbocycles. The summed E-state index contributed by atoms with van der Waals surface area (Å²) in [7, 11) is 0. The minimum atomic E-state index is 0.343. The minimum absolute atomic E-state index is 0.343. The van der Waals surface area contributed by atoms with Crippen molar-refractivity contribution < 1.29 is 5.11 Å². The molecule has 0 saturated carbocycles. The van der Waals surface area contributed by atoms with E-state index >= 15 is 0 Å². The van der Waals surface area contributed by atoms with Gasteiger partial charge >= 0.3 is 0 Å². The van der Waals surface area contributed by atoms with Crippen molar-refractivity contribution in [3.8, 4) is 0 Å². The largest absolute Gasteiger partial charge is 0.394 e. The number of aliphatic hydroxyl groups is 1. The molecule has 1 N–H and O–H groups in total. The van der Waals surface area contributed by atoms with Crippen LogP contribution in [0, 0.1) is 0 Å². The summed E-state index contributed by atoms with van der Waals surface area (Å²) in [6.45, 7) is 0.343. The molecular formula is C6H12OS2. The topological polar surface area (TPSA) is 20.2 Å². The predicted octanol–water partition coefficient (Wildman–Crippen LogP) is 1.56. The van der Waals surface area contributed by atoms with Crippen LogP contribution in [-0.2, 0) is 0 Å². The van der Waals surface area contributed by atoms with E-state index in [9.17, 15) is 0 Å². The Bertz CT molecular complexity index is 69.5. The van der Waals surface area contributed by atoms with E-state index in [1.54, 1.807) is 0 Å². The zero-order valence-electron chi connectivity index (χ0n) is 5.38.